The lowest BCUT2D eigenvalue weighted by Crippen LogP contribution is -2.35. The summed E-state index contributed by atoms with van der Waals surface area (Å²) >= 11 is 0. The molecule has 0 saturated heterocycles. The van der Waals surface area contributed by atoms with Gasteiger partial charge in [-0.1, -0.05) is 78.9 Å². The average molecular weight is 444 g/mol. The Morgan fingerprint density at radius 2 is 1.59 bits per heavy atom. The number of para-hydroxylation sites is 1. The smallest absolute Gasteiger partial charge is 0.323 e. The van der Waals surface area contributed by atoms with E-state index in [4.69, 9.17) is 15.0 Å². The van der Waals surface area contributed by atoms with Crippen molar-refractivity contribution in [3.8, 4) is 5.75 Å². The van der Waals surface area contributed by atoms with Gasteiger partial charge in [0.25, 0.3) is 0 Å². The van der Waals surface area contributed by atoms with Crippen LogP contribution >= 0.6 is 8.30 Å². The predicted molar refractivity (Wildman–Crippen MR) is 131 cm³/mol. The summed E-state index contributed by atoms with van der Waals surface area (Å²) in [6.07, 6.45) is 0. The zero-order valence-corrected chi connectivity index (χ0v) is 18.7. The highest BCUT2D eigenvalue weighted by atomic mass is 31.2. The van der Waals surface area contributed by atoms with E-state index in [9.17, 15) is 4.79 Å². The minimum atomic E-state index is -1.44. The molecule has 0 radical (unpaired) electrons. The van der Waals surface area contributed by atoms with Crippen LogP contribution in [-0.2, 0) is 16.1 Å². The van der Waals surface area contributed by atoms with Crippen molar-refractivity contribution >= 4 is 36.0 Å². The van der Waals surface area contributed by atoms with Crippen LogP contribution in [0.3, 0.4) is 0 Å². The Morgan fingerprint density at radius 3 is 2.41 bits per heavy atom. The SMILES string of the molecule is C[C@H](NP(Oc1cccc2ccccc12)c1ccccc1N)C(=O)OCc1ccccc1. The largest absolute Gasteiger partial charge is 0.460 e. The summed E-state index contributed by atoms with van der Waals surface area (Å²) in [5, 5.41) is 6.21. The Bertz CT molecular complexity index is 1190. The van der Waals surface area contributed by atoms with Crippen molar-refractivity contribution in [2.24, 2.45) is 0 Å². The molecule has 4 aromatic carbocycles. The van der Waals surface area contributed by atoms with Crippen LogP contribution in [0.25, 0.3) is 10.8 Å². The number of benzene rings is 4. The highest BCUT2D eigenvalue weighted by Gasteiger charge is 2.25. The molecule has 5 nitrogen and oxygen atoms in total. The fraction of sp³-hybridized carbons (Fsp3) is 0.115. The second-order valence-corrected chi connectivity index (χ2v) is 8.88. The molecule has 0 saturated carbocycles. The molecule has 32 heavy (non-hydrogen) atoms. The van der Waals surface area contributed by atoms with Gasteiger partial charge < -0.3 is 15.0 Å². The predicted octanol–water partition coefficient (Wildman–Crippen LogP) is 5.16. The quantitative estimate of drug-likeness (QED) is 0.223. The lowest BCUT2D eigenvalue weighted by molar-refractivity contribution is -0.146. The van der Waals surface area contributed by atoms with Gasteiger partial charge in [-0.2, -0.15) is 0 Å². The van der Waals surface area contributed by atoms with Crippen LogP contribution in [0.2, 0.25) is 0 Å². The molecule has 0 aliphatic rings. The minimum Gasteiger partial charge on any atom is -0.460 e. The van der Waals surface area contributed by atoms with Crippen LogP contribution in [0.1, 0.15) is 12.5 Å². The number of nitrogens with two attached hydrogens (primary N) is 1. The van der Waals surface area contributed by atoms with Crippen LogP contribution in [0.4, 0.5) is 5.69 Å². The summed E-state index contributed by atoms with van der Waals surface area (Å²) in [5.41, 5.74) is 7.80. The molecule has 0 aliphatic carbocycles. The van der Waals surface area contributed by atoms with E-state index in [0.717, 1.165) is 27.4 Å². The van der Waals surface area contributed by atoms with Gasteiger partial charge in [0.05, 0.1) is 5.30 Å². The van der Waals surface area contributed by atoms with Crippen molar-refractivity contribution in [2.45, 2.75) is 19.6 Å². The van der Waals surface area contributed by atoms with Crippen molar-refractivity contribution in [3.63, 3.8) is 0 Å². The van der Waals surface area contributed by atoms with Gasteiger partial charge in [0.15, 0.2) is 8.30 Å². The number of esters is 1. The number of carbonyl (C=O) groups is 1. The summed E-state index contributed by atoms with van der Waals surface area (Å²) in [5.74, 6) is 0.382. The van der Waals surface area contributed by atoms with Crippen molar-refractivity contribution in [2.75, 3.05) is 5.73 Å². The first-order valence-corrected chi connectivity index (χ1v) is 11.6. The molecule has 4 rings (SSSR count). The molecule has 0 aliphatic heterocycles. The van der Waals surface area contributed by atoms with E-state index in [-0.39, 0.29) is 12.6 Å². The Balaban J connectivity index is 1.54. The first-order valence-electron chi connectivity index (χ1n) is 10.4. The molecule has 0 amide bonds. The third-order valence-corrected chi connectivity index (χ3v) is 6.83. The van der Waals surface area contributed by atoms with E-state index in [1.165, 1.54) is 0 Å². The molecule has 1 unspecified atom stereocenters. The van der Waals surface area contributed by atoms with E-state index < -0.39 is 14.3 Å². The number of hydrogen-bond acceptors (Lipinski definition) is 5. The fourth-order valence-corrected chi connectivity index (χ4v) is 4.91. The number of carbonyl (C=O) groups excluding carboxylic acids is 1. The van der Waals surface area contributed by atoms with Gasteiger partial charge in [-0.05, 0) is 36.1 Å². The van der Waals surface area contributed by atoms with Gasteiger partial charge in [0, 0.05) is 11.1 Å². The van der Waals surface area contributed by atoms with Gasteiger partial charge in [0.2, 0.25) is 0 Å². The molecule has 0 spiro atoms. The van der Waals surface area contributed by atoms with Crippen LogP contribution in [0.15, 0.2) is 97.1 Å². The normalized spacial score (nSPS) is 12.8. The van der Waals surface area contributed by atoms with Crippen LogP contribution in [-0.4, -0.2) is 12.0 Å². The number of ether oxygens (including phenoxy) is 1. The Kier molecular flexibility index (Phi) is 7.00. The van der Waals surface area contributed by atoms with Crippen molar-refractivity contribution in [1.29, 1.82) is 0 Å². The number of fused-ring (bicyclic) bond motifs is 1. The van der Waals surface area contributed by atoms with E-state index in [1.54, 1.807) is 6.92 Å². The minimum absolute atomic E-state index is 0.223. The first kappa shape index (κ1) is 21.8. The number of nitrogens with one attached hydrogen (secondary N) is 1. The Hall–Kier alpha value is -3.40. The molecular weight excluding hydrogens is 419 g/mol. The van der Waals surface area contributed by atoms with E-state index >= 15 is 0 Å². The molecule has 0 heterocycles. The molecule has 0 aromatic heterocycles. The molecule has 0 fully saturated rings. The van der Waals surface area contributed by atoms with Crippen LogP contribution in [0.5, 0.6) is 5.75 Å². The fourth-order valence-electron chi connectivity index (χ4n) is 3.27. The Morgan fingerprint density at radius 1 is 0.906 bits per heavy atom. The summed E-state index contributed by atoms with van der Waals surface area (Å²) in [6.45, 7) is 2.00. The lowest BCUT2D eigenvalue weighted by atomic mass is 10.1. The van der Waals surface area contributed by atoms with E-state index in [2.05, 4.69) is 5.09 Å². The number of nitrogen functional groups attached to an aromatic ring is 1. The molecule has 4 aromatic rings. The standard InChI is InChI=1S/C26H25N2O3P/c1-19(26(29)30-18-20-10-3-2-4-11-20)28-32(25-17-8-7-15-23(25)27)31-24-16-9-13-21-12-5-6-14-22(21)24/h2-17,19,28H,18,27H2,1H3/t19-,32?/m0/s1. The zero-order chi connectivity index (χ0) is 22.3. The lowest BCUT2D eigenvalue weighted by Gasteiger charge is -2.24. The van der Waals surface area contributed by atoms with Gasteiger partial charge >= 0.3 is 5.97 Å². The maximum Gasteiger partial charge on any atom is 0.323 e. The van der Waals surface area contributed by atoms with Crippen molar-refractivity contribution in [3.05, 3.63) is 103 Å². The van der Waals surface area contributed by atoms with E-state index in [0.29, 0.717) is 5.69 Å². The summed E-state index contributed by atoms with van der Waals surface area (Å²) in [4.78, 5) is 12.7. The number of anilines is 1. The maximum atomic E-state index is 12.7. The van der Waals surface area contributed by atoms with E-state index in [1.807, 2.05) is 97.1 Å². The molecule has 6 heteroatoms. The highest BCUT2D eigenvalue weighted by Crippen LogP contribution is 2.39. The van der Waals surface area contributed by atoms with Crippen molar-refractivity contribution in [1.82, 2.24) is 5.09 Å². The summed E-state index contributed by atoms with van der Waals surface area (Å²) in [6, 6.07) is 30.5. The first-order chi connectivity index (χ1) is 15.6. The summed E-state index contributed by atoms with van der Waals surface area (Å²) in [7, 11) is -1.44. The number of rotatable bonds is 8. The van der Waals surface area contributed by atoms with Gasteiger partial charge in [0.1, 0.15) is 18.4 Å². The topological polar surface area (TPSA) is 73.6 Å². The van der Waals surface area contributed by atoms with Gasteiger partial charge in [-0.15, -0.1) is 0 Å². The zero-order valence-electron chi connectivity index (χ0n) is 17.8. The monoisotopic (exact) mass is 444 g/mol. The van der Waals surface area contributed by atoms with Gasteiger partial charge in [-0.25, -0.2) is 5.09 Å². The average Bonchev–Trinajstić information content (AvgIpc) is 2.83. The third kappa shape index (κ3) is 5.25. The molecule has 3 N–H and O–H groups in total. The van der Waals surface area contributed by atoms with Gasteiger partial charge in [-0.3, -0.25) is 4.79 Å². The molecule has 162 valence electrons. The number of hydrogen-bond donors (Lipinski definition) is 2. The molecular formula is C26H25N2O3P. The molecule has 0 bridgehead atoms. The second-order valence-electron chi connectivity index (χ2n) is 7.37. The van der Waals surface area contributed by atoms with Crippen LogP contribution < -0.4 is 20.6 Å². The third-order valence-electron chi connectivity index (χ3n) is 4.98. The second kappa shape index (κ2) is 10.3. The summed E-state index contributed by atoms with van der Waals surface area (Å²) < 4.78 is 11.9. The van der Waals surface area contributed by atoms with Crippen LogP contribution in [0, 0.1) is 0 Å². The maximum absolute atomic E-state index is 12.7. The Labute approximate surface area is 189 Å². The van der Waals surface area contributed by atoms with Crippen molar-refractivity contribution < 1.29 is 14.1 Å². The highest BCUT2D eigenvalue weighted by molar-refractivity contribution is 7.59. The molecule has 2 atom stereocenters.